The van der Waals surface area contributed by atoms with Gasteiger partial charge < -0.3 is 9.47 Å². The van der Waals surface area contributed by atoms with E-state index in [0.717, 1.165) is 4.31 Å². The summed E-state index contributed by atoms with van der Waals surface area (Å²) in [7, 11) is -2.25. The van der Waals surface area contributed by atoms with Gasteiger partial charge in [-0.2, -0.15) is 4.31 Å². The second kappa shape index (κ2) is 6.17. The van der Waals surface area contributed by atoms with Gasteiger partial charge >= 0.3 is 0 Å². The molecule has 0 N–H and O–H groups in total. The second-order valence-electron chi connectivity index (χ2n) is 4.49. The highest BCUT2D eigenvalue weighted by Gasteiger charge is 2.28. The molecule has 0 saturated carbocycles. The summed E-state index contributed by atoms with van der Waals surface area (Å²) in [5.74, 6) is 0. The van der Waals surface area contributed by atoms with E-state index in [1.54, 1.807) is 6.92 Å². The predicted octanol–water partition coefficient (Wildman–Crippen LogP) is 2.30. The van der Waals surface area contributed by atoms with Crippen LogP contribution in [0.25, 0.3) is 0 Å². The van der Waals surface area contributed by atoms with Crippen molar-refractivity contribution in [3.63, 3.8) is 0 Å². The fourth-order valence-electron chi connectivity index (χ4n) is 1.82. The van der Waals surface area contributed by atoms with Crippen LogP contribution in [0.1, 0.15) is 5.56 Å². The number of halogens is 2. The van der Waals surface area contributed by atoms with Crippen molar-refractivity contribution in [3.05, 3.63) is 27.7 Å². The highest BCUT2D eigenvalue weighted by atomic mass is 35.5. The van der Waals surface area contributed by atoms with Crippen LogP contribution in [-0.4, -0.2) is 45.8 Å². The maximum absolute atomic E-state index is 12.5. The molecule has 0 amide bonds. The summed E-state index contributed by atoms with van der Waals surface area (Å²) in [6.07, 6.45) is -0.540. The monoisotopic (exact) mass is 339 g/mol. The standard InChI is InChI=1S/C12H15Cl2NO4S/c1-8-5-11(10(14)6-9(8)13)20(16,17)15(2)7-12-18-3-4-19-12/h5-6,12H,3-4,7H2,1-2H3. The number of hydrogen-bond donors (Lipinski definition) is 0. The molecule has 0 bridgehead atoms. The minimum absolute atomic E-state index is 0.0292. The van der Waals surface area contributed by atoms with Crippen molar-refractivity contribution >= 4 is 33.2 Å². The maximum atomic E-state index is 12.5. The summed E-state index contributed by atoms with van der Waals surface area (Å²) in [5, 5.41) is 0.528. The smallest absolute Gasteiger partial charge is 0.244 e. The van der Waals surface area contributed by atoms with E-state index in [2.05, 4.69) is 0 Å². The van der Waals surface area contributed by atoms with Crippen LogP contribution < -0.4 is 0 Å². The molecule has 1 aliphatic heterocycles. The first-order valence-electron chi connectivity index (χ1n) is 5.97. The van der Waals surface area contributed by atoms with Crippen LogP contribution in [0, 0.1) is 6.92 Å². The molecule has 0 unspecified atom stereocenters. The topological polar surface area (TPSA) is 55.8 Å². The van der Waals surface area contributed by atoms with Gasteiger partial charge in [-0.3, -0.25) is 0 Å². The third-order valence-corrected chi connectivity index (χ3v) is 5.69. The summed E-state index contributed by atoms with van der Waals surface area (Å²) in [6.45, 7) is 2.78. The Balaban J connectivity index is 2.27. The number of nitrogens with zero attached hydrogens (tertiary/aromatic N) is 1. The van der Waals surface area contributed by atoms with Crippen molar-refractivity contribution in [1.82, 2.24) is 4.31 Å². The molecule has 0 aromatic heterocycles. The quantitative estimate of drug-likeness (QED) is 0.844. The van der Waals surface area contributed by atoms with Gasteiger partial charge in [-0.25, -0.2) is 8.42 Å². The molecule has 0 aliphatic carbocycles. The first kappa shape index (κ1) is 16.0. The third-order valence-electron chi connectivity index (χ3n) is 3.00. The normalized spacial score (nSPS) is 17.1. The van der Waals surface area contributed by atoms with Crippen molar-refractivity contribution in [2.45, 2.75) is 18.1 Å². The van der Waals surface area contributed by atoms with Gasteiger partial charge in [0.05, 0.1) is 24.8 Å². The van der Waals surface area contributed by atoms with Gasteiger partial charge in [0.2, 0.25) is 10.0 Å². The summed E-state index contributed by atoms with van der Waals surface area (Å²) >= 11 is 11.9. The highest BCUT2D eigenvalue weighted by Crippen LogP contribution is 2.30. The zero-order chi connectivity index (χ0) is 14.9. The van der Waals surface area contributed by atoms with Crippen molar-refractivity contribution < 1.29 is 17.9 Å². The average molecular weight is 340 g/mol. The zero-order valence-corrected chi connectivity index (χ0v) is 13.4. The Kier molecular flexibility index (Phi) is 4.94. The molecule has 1 fully saturated rings. The molecule has 1 aromatic rings. The van der Waals surface area contributed by atoms with Crippen LogP contribution in [0.3, 0.4) is 0 Å². The van der Waals surface area contributed by atoms with Gasteiger partial charge in [-0.15, -0.1) is 0 Å². The molecular formula is C12H15Cl2NO4S. The van der Waals surface area contributed by atoms with Crippen LogP contribution >= 0.6 is 23.2 Å². The van der Waals surface area contributed by atoms with E-state index < -0.39 is 16.3 Å². The van der Waals surface area contributed by atoms with Gasteiger partial charge in [-0.05, 0) is 24.6 Å². The predicted molar refractivity (Wildman–Crippen MR) is 76.7 cm³/mol. The SMILES string of the molecule is Cc1cc(S(=O)(=O)N(C)CC2OCCO2)c(Cl)cc1Cl. The van der Waals surface area contributed by atoms with E-state index in [-0.39, 0.29) is 16.5 Å². The van der Waals surface area contributed by atoms with Crippen molar-refractivity contribution in [1.29, 1.82) is 0 Å². The van der Waals surface area contributed by atoms with E-state index >= 15 is 0 Å². The Hall–Kier alpha value is -0.370. The molecule has 20 heavy (non-hydrogen) atoms. The largest absolute Gasteiger partial charge is 0.349 e. The van der Waals surface area contributed by atoms with Crippen LogP contribution in [0.4, 0.5) is 0 Å². The Bertz CT molecular complexity index is 600. The van der Waals surface area contributed by atoms with Gasteiger partial charge in [0.1, 0.15) is 4.90 Å². The number of ether oxygens (including phenoxy) is 2. The molecule has 8 heteroatoms. The van der Waals surface area contributed by atoms with E-state index in [1.807, 2.05) is 0 Å². The summed E-state index contributed by atoms with van der Waals surface area (Å²) in [6, 6.07) is 2.90. The van der Waals surface area contributed by atoms with Crippen molar-refractivity contribution in [2.24, 2.45) is 0 Å². The molecule has 5 nitrogen and oxygen atoms in total. The minimum Gasteiger partial charge on any atom is -0.349 e. The van der Waals surface area contributed by atoms with Crippen molar-refractivity contribution in [3.8, 4) is 0 Å². The van der Waals surface area contributed by atoms with E-state index in [9.17, 15) is 8.42 Å². The minimum atomic E-state index is -3.71. The number of aryl methyl sites for hydroxylation is 1. The Labute approximate surface area is 128 Å². The molecule has 0 atom stereocenters. The average Bonchev–Trinajstić information content (AvgIpc) is 2.86. The Morgan fingerprint density at radius 1 is 1.25 bits per heavy atom. The van der Waals surface area contributed by atoms with Gasteiger partial charge in [0.25, 0.3) is 0 Å². The lowest BCUT2D eigenvalue weighted by molar-refractivity contribution is -0.0482. The lowest BCUT2D eigenvalue weighted by Crippen LogP contribution is -2.35. The first-order valence-corrected chi connectivity index (χ1v) is 8.17. The molecule has 1 heterocycles. The van der Waals surface area contributed by atoms with Crippen LogP contribution in [0.5, 0.6) is 0 Å². The summed E-state index contributed by atoms with van der Waals surface area (Å²) < 4.78 is 36.6. The fraction of sp³-hybridized carbons (Fsp3) is 0.500. The number of likely N-dealkylation sites (N-methyl/N-ethyl adjacent to an activating group) is 1. The lowest BCUT2D eigenvalue weighted by atomic mass is 10.2. The van der Waals surface area contributed by atoms with E-state index in [4.69, 9.17) is 32.7 Å². The van der Waals surface area contributed by atoms with Gasteiger partial charge in [0.15, 0.2) is 6.29 Å². The number of benzene rings is 1. The van der Waals surface area contributed by atoms with E-state index in [0.29, 0.717) is 23.8 Å². The van der Waals surface area contributed by atoms with Crippen molar-refractivity contribution in [2.75, 3.05) is 26.8 Å². The third kappa shape index (κ3) is 3.27. The Morgan fingerprint density at radius 2 is 1.85 bits per heavy atom. The molecule has 112 valence electrons. The molecular weight excluding hydrogens is 325 g/mol. The fourth-order valence-corrected chi connectivity index (χ4v) is 3.78. The molecule has 2 rings (SSSR count). The number of hydrogen-bond acceptors (Lipinski definition) is 4. The van der Waals surface area contributed by atoms with Crippen LogP contribution in [0.15, 0.2) is 17.0 Å². The summed E-state index contributed by atoms with van der Waals surface area (Å²) in [4.78, 5) is 0.0292. The summed E-state index contributed by atoms with van der Waals surface area (Å²) in [5.41, 5.74) is 0.649. The molecule has 1 aromatic carbocycles. The maximum Gasteiger partial charge on any atom is 0.244 e. The van der Waals surface area contributed by atoms with E-state index in [1.165, 1.54) is 19.2 Å². The van der Waals surface area contributed by atoms with Crippen LogP contribution in [-0.2, 0) is 19.5 Å². The lowest BCUT2D eigenvalue weighted by Gasteiger charge is -2.21. The molecule has 0 spiro atoms. The number of rotatable bonds is 4. The van der Waals surface area contributed by atoms with Crippen LogP contribution in [0.2, 0.25) is 10.0 Å². The zero-order valence-electron chi connectivity index (χ0n) is 11.1. The Morgan fingerprint density at radius 3 is 2.45 bits per heavy atom. The second-order valence-corrected chi connectivity index (χ2v) is 7.32. The molecule has 1 aliphatic rings. The van der Waals surface area contributed by atoms with Gasteiger partial charge in [-0.1, -0.05) is 23.2 Å². The molecule has 1 saturated heterocycles. The molecule has 0 radical (unpaired) electrons. The first-order chi connectivity index (χ1) is 9.32. The van der Waals surface area contributed by atoms with Gasteiger partial charge in [0, 0.05) is 12.1 Å². The number of sulfonamides is 1. The highest BCUT2D eigenvalue weighted by molar-refractivity contribution is 7.89.